The van der Waals surface area contributed by atoms with E-state index < -0.39 is 11.7 Å². The molecule has 3 nitrogen and oxygen atoms in total. The molecule has 0 unspecified atom stereocenters. The summed E-state index contributed by atoms with van der Waals surface area (Å²) in [7, 11) is 0. The molecule has 102 valence electrons. The number of para-hydroxylation sites is 1. The number of rotatable bonds is 2. The summed E-state index contributed by atoms with van der Waals surface area (Å²) in [6.45, 7) is 3.05. The van der Waals surface area contributed by atoms with E-state index in [0.717, 1.165) is 6.07 Å². The number of aromatic nitrogens is 2. The molecule has 0 saturated heterocycles. The highest BCUT2D eigenvalue weighted by molar-refractivity contribution is 5.45. The minimum atomic E-state index is -4.44. The average Bonchev–Trinajstić information content (AvgIpc) is 2.63. The van der Waals surface area contributed by atoms with Gasteiger partial charge in [0.1, 0.15) is 0 Å². The van der Waals surface area contributed by atoms with Crippen LogP contribution in [0.3, 0.4) is 0 Å². The highest BCUT2D eigenvalue weighted by atomic mass is 19.4. The zero-order valence-corrected chi connectivity index (χ0v) is 10.5. The number of halogens is 3. The summed E-state index contributed by atoms with van der Waals surface area (Å²) in [5.74, 6) is 0. The summed E-state index contributed by atoms with van der Waals surface area (Å²) in [6.07, 6.45) is -4.44. The first-order valence-corrected chi connectivity index (χ1v) is 5.68. The van der Waals surface area contributed by atoms with Crippen molar-refractivity contribution in [3.63, 3.8) is 0 Å². The third kappa shape index (κ3) is 2.35. The Labute approximate surface area is 108 Å². The van der Waals surface area contributed by atoms with Crippen LogP contribution in [0.2, 0.25) is 0 Å². The standard InChI is InChI=1S/C13H13F3N2O/c1-8-10(7-19)9(2)18(17-8)12-6-4-3-5-11(12)13(14,15)16/h3-6,19H,7H2,1-2H3. The van der Waals surface area contributed by atoms with Crippen molar-refractivity contribution >= 4 is 0 Å². The van der Waals surface area contributed by atoms with E-state index in [1.807, 2.05) is 0 Å². The maximum atomic E-state index is 13.0. The van der Waals surface area contributed by atoms with Gasteiger partial charge in [-0.15, -0.1) is 0 Å². The van der Waals surface area contributed by atoms with Gasteiger partial charge in [0.15, 0.2) is 0 Å². The number of benzene rings is 1. The van der Waals surface area contributed by atoms with Crippen molar-refractivity contribution in [2.45, 2.75) is 26.6 Å². The molecule has 19 heavy (non-hydrogen) atoms. The fraction of sp³-hybridized carbons (Fsp3) is 0.308. The molecule has 2 rings (SSSR count). The Morgan fingerprint density at radius 1 is 1.21 bits per heavy atom. The van der Waals surface area contributed by atoms with E-state index in [9.17, 15) is 18.3 Å². The summed E-state index contributed by atoms with van der Waals surface area (Å²) in [6, 6.07) is 5.25. The predicted molar refractivity (Wildman–Crippen MR) is 64.0 cm³/mol. The van der Waals surface area contributed by atoms with Crippen molar-refractivity contribution < 1.29 is 18.3 Å². The fourth-order valence-electron chi connectivity index (χ4n) is 2.04. The molecule has 1 N–H and O–H groups in total. The maximum Gasteiger partial charge on any atom is 0.418 e. The highest BCUT2D eigenvalue weighted by Gasteiger charge is 2.34. The monoisotopic (exact) mass is 270 g/mol. The molecule has 1 aromatic heterocycles. The summed E-state index contributed by atoms with van der Waals surface area (Å²) >= 11 is 0. The smallest absolute Gasteiger partial charge is 0.392 e. The molecule has 0 radical (unpaired) electrons. The zero-order chi connectivity index (χ0) is 14.2. The Balaban J connectivity index is 2.67. The van der Waals surface area contributed by atoms with Gasteiger partial charge in [-0.3, -0.25) is 0 Å². The van der Waals surface area contributed by atoms with Crippen LogP contribution in [0.1, 0.15) is 22.5 Å². The van der Waals surface area contributed by atoms with E-state index >= 15 is 0 Å². The Bertz CT molecular complexity index is 602. The fourth-order valence-corrected chi connectivity index (χ4v) is 2.04. The second-order valence-electron chi connectivity index (χ2n) is 4.23. The number of hydrogen-bond acceptors (Lipinski definition) is 2. The van der Waals surface area contributed by atoms with Gasteiger partial charge in [-0.25, -0.2) is 4.68 Å². The molecule has 1 aromatic carbocycles. The lowest BCUT2D eigenvalue weighted by Crippen LogP contribution is -2.12. The number of aryl methyl sites for hydroxylation is 1. The van der Waals surface area contributed by atoms with E-state index in [2.05, 4.69) is 5.10 Å². The van der Waals surface area contributed by atoms with Crippen LogP contribution >= 0.6 is 0 Å². The Morgan fingerprint density at radius 2 is 1.84 bits per heavy atom. The predicted octanol–water partition coefficient (Wildman–Crippen LogP) is 3.00. The van der Waals surface area contributed by atoms with Crippen LogP contribution in [0.5, 0.6) is 0 Å². The third-order valence-electron chi connectivity index (χ3n) is 3.04. The van der Waals surface area contributed by atoms with Gasteiger partial charge in [-0.05, 0) is 26.0 Å². The van der Waals surface area contributed by atoms with Crippen molar-refractivity contribution in [3.05, 3.63) is 46.8 Å². The molecular weight excluding hydrogens is 257 g/mol. The molecule has 0 fully saturated rings. The van der Waals surface area contributed by atoms with Crippen molar-refractivity contribution in [1.82, 2.24) is 9.78 Å². The number of hydrogen-bond donors (Lipinski definition) is 1. The molecule has 0 spiro atoms. The van der Waals surface area contributed by atoms with Gasteiger partial charge >= 0.3 is 6.18 Å². The lowest BCUT2D eigenvalue weighted by molar-refractivity contribution is -0.137. The van der Waals surface area contributed by atoms with Crippen LogP contribution in [-0.4, -0.2) is 14.9 Å². The molecule has 0 saturated carbocycles. The maximum absolute atomic E-state index is 13.0. The Morgan fingerprint density at radius 3 is 2.37 bits per heavy atom. The molecule has 1 heterocycles. The van der Waals surface area contributed by atoms with Crippen LogP contribution in [0, 0.1) is 13.8 Å². The Kier molecular flexibility index (Phi) is 3.36. The molecule has 0 aliphatic heterocycles. The molecule has 0 amide bonds. The van der Waals surface area contributed by atoms with E-state index in [1.165, 1.54) is 22.9 Å². The molecule has 0 bridgehead atoms. The van der Waals surface area contributed by atoms with Crippen LogP contribution in [-0.2, 0) is 12.8 Å². The van der Waals surface area contributed by atoms with Crippen LogP contribution in [0.4, 0.5) is 13.2 Å². The van der Waals surface area contributed by atoms with Crippen molar-refractivity contribution in [1.29, 1.82) is 0 Å². The number of alkyl halides is 3. The first-order chi connectivity index (χ1) is 8.86. The third-order valence-corrected chi connectivity index (χ3v) is 3.04. The highest BCUT2D eigenvalue weighted by Crippen LogP contribution is 2.34. The zero-order valence-electron chi connectivity index (χ0n) is 10.5. The molecule has 6 heteroatoms. The van der Waals surface area contributed by atoms with Crippen molar-refractivity contribution in [3.8, 4) is 5.69 Å². The summed E-state index contributed by atoms with van der Waals surface area (Å²) in [4.78, 5) is 0. The SMILES string of the molecule is Cc1nn(-c2ccccc2C(F)(F)F)c(C)c1CO. The Hall–Kier alpha value is -1.82. The lowest BCUT2D eigenvalue weighted by Gasteiger charge is -2.13. The van der Waals surface area contributed by atoms with Gasteiger partial charge in [0, 0.05) is 11.3 Å². The topological polar surface area (TPSA) is 38.0 Å². The number of nitrogens with zero attached hydrogens (tertiary/aromatic N) is 2. The van der Waals surface area contributed by atoms with Crippen LogP contribution in [0.25, 0.3) is 5.69 Å². The first-order valence-electron chi connectivity index (χ1n) is 5.68. The average molecular weight is 270 g/mol. The molecule has 0 aliphatic rings. The minimum absolute atomic E-state index is 0.0321. The molecule has 0 atom stereocenters. The number of aliphatic hydroxyl groups is 1. The first kappa shape index (κ1) is 13.6. The van der Waals surface area contributed by atoms with Gasteiger partial charge in [-0.2, -0.15) is 18.3 Å². The second kappa shape index (κ2) is 4.70. The van der Waals surface area contributed by atoms with Crippen LogP contribution in [0.15, 0.2) is 24.3 Å². The molecule has 0 aliphatic carbocycles. The molecule has 2 aromatic rings. The summed E-state index contributed by atoms with van der Waals surface area (Å²) < 4.78 is 40.1. The summed E-state index contributed by atoms with van der Waals surface area (Å²) in [5.41, 5.74) is 0.811. The molecular formula is C13H13F3N2O. The van der Waals surface area contributed by atoms with Crippen molar-refractivity contribution in [2.75, 3.05) is 0 Å². The van der Waals surface area contributed by atoms with Crippen molar-refractivity contribution in [2.24, 2.45) is 0 Å². The summed E-state index contributed by atoms with van der Waals surface area (Å²) in [5, 5.41) is 13.3. The second-order valence-corrected chi connectivity index (χ2v) is 4.23. The normalized spacial score (nSPS) is 11.9. The minimum Gasteiger partial charge on any atom is -0.392 e. The lowest BCUT2D eigenvalue weighted by atomic mass is 10.1. The van der Waals surface area contributed by atoms with Gasteiger partial charge in [0.05, 0.1) is 23.6 Å². The van der Waals surface area contributed by atoms with Gasteiger partial charge < -0.3 is 5.11 Å². The van der Waals surface area contributed by atoms with Gasteiger partial charge in [0.2, 0.25) is 0 Å². The quantitative estimate of drug-likeness (QED) is 0.911. The van der Waals surface area contributed by atoms with E-state index in [-0.39, 0.29) is 12.3 Å². The van der Waals surface area contributed by atoms with Gasteiger partial charge in [0.25, 0.3) is 0 Å². The van der Waals surface area contributed by atoms with E-state index in [4.69, 9.17) is 0 Å². The number of aliphatic hydroxyl groups excluding tert-OH is 1. The van der Waals surface area contributed by atoms with E-state index in [0.29, 0.717) is 17.0 Å². The largest absolute Gasteiger partial charge is 0.418 e. The van der Waals surface area contributed by atoms with Gasteiger partial charge in [-0.1, -0.05) is 12.1 Å². The van der Waals surface area contributed by atoms with E-state index in [1.54, 1.807) is 13.8 Å². The van der Waals surface area contributed by atoms with Crippen LogP contribution < -0.4 is 0 Å².